The molecule has 0 unspecified atom stereocenters. The summed E-state index contributed by atoms with van der Waals surface area (Å²) < 4.78 is 5.53. The van der Waals surface area contributed by atoms with Crippen LogP contribution in [0.4, 0.5) is 11.4 Å². The van der Waals surface area contributed by atoms with Gasteiger partial charge < -0.3 is 4.74 Å². The van der Waals surface area contributed by atoms with Gasteiger partial charge in [-0.15, -0.1) is 0 Å². The van der Waals surface area contributed by atoms with Crippen molar-refractivity contribution in [3.05, 3.63) is 68.3 Å². The molecular formula is C22H22N4O6. The largest absolute Gasteiger partial charge is 0.450 e. The van der Waals surface area contributed by atoms with Crippen molar-refractivity contribution in [1.29, 1.82) is 0 Å². The summed E-state index contributed by atoms with van der Waals surface area (Å²) in [5.74, 6) is 0.676. The Morgan fingerprint density at radius 1 is 1.16 bits per heavy atom. The van der Waals surface area contributed by atoms with Gasteiger partial charge in [-0.3, -0.25) is 25.0 Å². The summed E-state index contributed by atoms with van der Waals surface area (Å²) >= 11 is 0. The van der Waals surface area contributed by atoms with Gasteiger partial charge >= 0.3 is 5.69 Å². The van der Waals surface area contributed by atoms with Crippen molar-refractivity contribution in [1.82, 2.24) is 5.43 Å². The van der Waals surface area contributed by atoms with Crippen molar-refractivity contribution >= 4 is 23.5 Å². The lowest BCUT2D eigenvalue weighted by Crippen LogP contribution is -2.22. The molecular weight excluding hydrogens is 416 g/mol. The van der Waals surface area contributed by atoms with Crippen molar-refractivity contribution in [2.45, 2.75) is 32.6 Å². The van der Waals surface area contributed by atoms with Gasteiger partial charge in [-0.05, 0) is 60.1 Å². The molecule has 0 saturated heterocycles. The smallest absolute Gasteiger partial charge is 0.318 e. The molecule has 3 atom stereocenters. The number of rotatable bonds is 7. The number of amides is 1. The van der Waals surface area contributed by atoms with Crippen LogP contribution in [0.2, 0.25) is 0 Å². The number of benzene rings is 2. The first-order valence-corrected chi connectivity index (χ1v) is 10.3. The van der Waals surface area contributed by atoms with Crippen molar-refractivity contribution in [3.63, 3.8) is 0 Å². The number of nitro groups is 2. The van der Waals surface area contributed by atoms with Crippen molar-refractivity contribution in [2.24, 2.45) is 22.4 Å². The predicted molar refractivity (Wildman–Crippen MR) is 116 cm³/mol. The van der Waals surface area contributed by atoms with Crippen LogP contribution in [0, 0.1) is 37.5 Å². The highest BCUT2D eigenvalue weighted by molar-refractivity contribution is 5.86. The number of carbonyl (C=O) groups is 1. The maximum absolute atomic E-state index is 12.4. The van der Waals surface area contributed by atoms with Crippen LogP contribution >= 0.6 is 0 Å². The van der Waals surface area contributed by atoms with E-state index in [0.29, 0.717) is 17.2 Å². The standard InChI is InChI=1S/C22H22N4O6/c1-22-11-3-2-4-17(22)20(22)21(27)24-23-13-14-5-8-16(9-6-14)32-19-10-7-15(25(28)29)12-18(19)26(30)31/h5-10,12-13,17,20H,2-4,11H2,1H3,(H,24,27)/b23-13-/t17-,20-,22-/m1/s1. The number of hydrazone groups is 1. The van der Waals surface area contributed by atoms with Gasteiger partial charge in [0.25, 0.3) is 5.69 Å². The summed E-state index contributed by atoms with van der Waals surface area (Å²) in [4.78, 5) is 33.1. The van der Waals surface area contributed by atoms with Crippen LogP contribution in [-0.4, -0.2) is 22.0 Å². The van der Waals surface area contributed by atoms with E-state index in [-0.39, 0.29) is 23.0 Å². The molecule has 2 aliphatic carbocycles. The van der Waals surface area contributed by atoms with Crippen molar-refractivity contribution in [2.75, 3.05) is 0 Å². The number of nitrogens with zero attached hydrogens (tertiary/aromatic N) is 3. The number of hydrogen-bond acceptors (Lipinski definition) is 7. The molecule has 2 aromatic rings. The van der Waals surface area contributed by atoms with E-state index >= 15 is 0 Å². The van der Waals surface area contributed by atoms with E-state index in [4.69, 9.17) is 4.74 Å². The monoisotopic (exact) mass is 438 g/mol. The zero-order valence-corrected chi connectivity index (χ0v) is 17.4. The van der Waals surface area contributed by atoms with Crippen LogP contribution in [0.3, 0.4) is 0 Å². The Balaban J connectivity index is 1.37. The molecule has 0 heterocycles. The first-order chi connectivity index (χ1) is 15.3. The molecule has 2 aliphatic rings. The summed E-state index contributed by atoms with van der Waals surface area (Å²) in [6, 6.07) is 9.73. The summed E-state index contributed by atoms with van der Waals surface area (Å²) in [5, 5.41) is 26.1. The van der Waals surface area contributed by atoms with Gasteiger partial charge in [0, 0.05) is 12.0 Å². The van der Waals surface area contributed by atoms with Crippen LogP contribution < -0.4 is 10.2 Å². The van der Waals surface area contributed by atoms with E-state index in [1.807, 2.05) is 0 Å². The van der Waals surface area contributed by atoms with Crippen LogP contribution in [-0.2, 0) is 4.79 Å². The van der Waals surface area contributed by atoms with E-state index in [1.165, 1.54) is 25.1 Å². The number of non-ortho nitro benzene ring substituents is 1. The average Bonchev–Trinajstić information content (AvgIpc) is 3.40. The fourth-order valence-electron chi connectivity index (χ4n) is 4.69. The Labute approximate surface area is 183 Å². The number of nitrogens with one attached hydrogen (secondary N) is 1. The highest BCUT2D eigenvalue weighted by atomic mass is 16.6. The number of nitro benzene ring substituents is 2. The molecule has 0 radical (unpaired) electrons. The zero-order chi connectivity index (χ0) is 22.9. The summed E-state index contributed by atoms with van der Waals surface area (Å²) in [7, 11) is 0. The third kappa shape index (κ3) is 4.16. The van der Waals surface area contributed by atoms with Gasteiger partial charge in [-0.2, -0.15) is 5.10 Å². The van der Waals surface area contributed by atoms with Crippen LogP contribution in [0.15, 0.2) is 47.6 Å². The number of hydrogen-bond donors (Lipinski definition) is 1. The fourth-order valence-corrected chi connectivity index (χ4v) is 4.69. The minimum Gasteiger partial charge on any atom is -0.450 e. The number of carbonyl (C=O) groups excluding carboxylic acids is 1. The topological polar surface area (TPSA) is 137 Å². The maximum Gasteiger partial charge on any atom is 0.318 e. The molecule has 0 bridgehead atoms. The lowest BCUT2D eigenvalue weighted by Gasteiger charge is -2.15. The van der Waals surface area contributed by atoms with Gasteiger partial charge in [0.2, 0.25) is 11.7 Å². The Kier molecular flexibility index (Phi) is 5.60. The molecule has 166 valence electrons. The second-order valence-corrected chi connectivity index (χ2v) is 8.41. The molecule has 4 rings (SSSR count). The Bertz CT molecular complexity index is 1100. The van der Waals surface area contributed by atoms with E-state index in [2.05, 4.69) is 17.5 Å². The molecule has 32 heavy (non-hydrogen) atoms. The second-order valence-electron chi connectivity index (χ2n) is 8.41. The molecule has 2 fully saturated rings. The molecule has 0 aliphatic heterocycles. The minimum absolute atomic E-state index is 0.0374. The van der Waals surface area contributed by atoms with Crippen LogP contribution in [0.25, 0.3) is 0 Å². The molecule has 1 amide bonds. The summed E-state index contributed by atoms with van der Waals surface area (Å²) in [6.07, 6.45) is 6.08. The highest BCUT2D eigenvalue weighted by Crippen LogP contribution is 2.66. The fraction of sp³-hybridized carbons (Fsp3) is 0.364. The van der Waals surface area contributed by atoms with Gasteiger partial charge in [-0.1, -0.05) is 19.8 Å². The van der Waals surface area contributed by atoms with Gasteiger partial charge in [0.05, 0.1) is 22.1 Å². The normalized spacial score (nSPS) is 23.9. The lowest BCUT2D eigenvalue weighted by molar-refractivity contribution is -0.394. The second kappa shape index (κ2) is 8.37. The SMILES string of the molecule is C[C@@]12CCCC[C@@H]1[C@@H]2C(=O)N/N=C\c1ccc(Oc2ccc([N+](=O)[O-])cc2[N+](=O)[O-])cc1. The number of ether oxygens (including phenoxy) is 1. The predicted octanol–water partition coefficient (Wildman–Crippen LogP) is 4.57. The molecule has 10 heteroatoms. The molecule has 10 nitrogen and oxygen atoms in total. The molecule has 2 aromatic carbocycles. The Morgan fingerprint density at radius 3 is 2.53 bits per heavy atom. The third-order valence-electron chi connectivity index (χ3n) is 6.46. The highest BCUT2D eigenvalue weighted by Gasteiger charge is 2.64. The Morgan fingerprint density at radius 2 is 1.91 bits per heavy atom. The van der Waals surface area contributed by atoms with Gasteiger partial charge in [-0.25, -0.2) is 5.43 Å². The Hall–Kier alpha value is -3.82. The van der Waals surface area contributed by atoms with Gasteiger partial charge in [0.15, 0.2) is 0 Å². The van der Waals surface area contributed by atoms with E-state index in [9.17, 15) is 25.0 Å². The summed E-state index contributed by atoms with van der Waals surface area (Å²) in [5.41, 5.74) is 2.57. The molecule has 0 spiro atoms. The average molecular weight is 438 g/mol. The first kappa shape index (κ1) is 21.4. The van der Waals surface area contributed by atoms with Crippen molar-refractivity contribution < 1.29 is 19.4 Å². The quantitative estimate of drug-likeness (QED) is 0.382. The maximum atomic E-state index is 12.4. The van der Waals surface area contributed by atoms with Crippen LogP contribution in [0.5, 0.6) is 11.5 Å². The number of fused-ring (bicyclic) bond motifs is 1. The third-order valence-corrected chi connectivity index (χ3v) is 6.46. The van der Waals surface area contributed by atoms with Crippen LogP contribution in [0.1, 0.15) is 38.2 Å². The van der Waals surface area contributed by atoms with E-state index < -0.39 is 21.2 Å². The zero-order valence-electron chi connectivity index (χ0n) is 17.4. The lowest BCUT2D eigenvalue weighted by atomic mass is 9.90. The molecule has 0 aromatic heterocycles. The minimum atomic E-state index is -0.734. The first-order valence-electron chi connectivity index (χ1n) is 10.3. The summed E-state index contributed by atoms with van der Waals surface area (Å²) in [6.45, 7) is 2.18. The van der Waals surface area contributed by atoms with E-state index in [1.54, 1.807) is 24.3 Å². The molecule has 2 saturated carbocycles. The van der Waals surface area contributed by atoms with Gasteiger partial charge in [0.1, 0.15) is 5.75 Å². The van der Waals surface area contributed by atoms with Crippen molar-refractivity contribution in [3.8, 4) is 11.5 Å². The molecule has 1 N–H and O–H groups in total. The van der Waals surface area contributed by atoms with E-state index in [0.717, 1.165) is 25.0 Å².